The molecule has 3 heterocycles. The van der Waals surface area contributed by atoms with Gasteiger partial charge < -0.3 is 4.90 Å². The predicted molar refractivity (Wildman–Crippen MR) is 85.4 cm³/mol. The number of benzene rings is 1. The number of H-pyrrole nitrogens is 1. The summed E-state index contributed by atoms with van der Waals surface area (Å²) in [6.45, 7) is 0.807. The normalized spacial score (nSPS) is 13.8. The number of aromatic nitrogens is 3. The van der Waals surface area contributed by atoms with Crippen LogP contribution in [0.1, 0.15) is 21.7 Å². The molecule has 0 unspecified atom stereocenters. The van der Waals surface area contributed by atoms with E-state index >= 15 is 0 Å². The lowest BCUT2D eigenvalue weighted by atomic mass is 10.0. The van der Waals surface area contributed by atoms with E-state index in [1.54, 1.807) is 4.90 Å². The first-order valence-corrected chi connectivity index (χ1v) is 7.48. The van der Waals surface area contributed by atoms with E-state index in [1.807, 2.05) is 24.3 Å². The minimum absolute atomic E-state index is 0.0618. The fraction of sp³-hybridized carbons (Fsp3) is 0.188. The highest BCUT2D eigenvalue weighted by atomic mass is 16.6. The second kappa shape index (κ2) is 5.41. The molecule has 0 aliphatic carbocycles. The highest BCUT2D eigenvalue weighted by molar-refractivity contribution is 6.04. The summed E-state index contributed by atoms with van der Waals surface area (Å²) in [5, 5.41) is 18.7. The van der Waals surface area contributed by atoms with E-state index in [0.717, 1.165) is 16.6 Å². The summed E-state index contributed by atoms with van der Waals surface area (Å²) in [7, 11) is 0. The number of carbonyl (C=O) groups is 1. The van der Waals surface area contributed by atoms with Crippen molar-refractivity contribution in [3.8, 4) is 0 Å². The van der Waals surface area contributed by atoms with Gasteiger partial charge in [0.2, 0.25) is 0 Å². The molecule has 0 spiro atoms. The topological polar surface area (TPSA) is 105 Å². The Balaban J connectivity index is 1.65. The molecule has 8 heteroatoms. The molecule has 1 amide bonds. The van der Waals surface area contributed by atoms with Crippen LogP contribution in [0.3, 0.4) is 0 Å². The Morgan fingerprint density at radius 3 is 3.00 bits per heavy atom. The van der Waals surface area contributed by atoms with Crippen molar-refractivity contribution in [1.82, 2.24) is 20.1 Å². The first-order valence-electron chi connectivity index (χ1n) is 7.48. The second-order valence-corrected chi connectivity index (χ2v) is 5.65. The lowest BCUT2D eigenvalue weighted by Gasteiger charge is -2.27. The maximum atomic E-state index is 12.8. The van der Waals surface area contributed by atoms with Crippen molar-refractivity contribution in [2.75, 3.05) is 6.54 Å². The van der Waals surface area contributed by atoms with Crippen LogP contribution in [0.5, 0.6) is 0 Å². The number of amides is 1. The maximum Gasteiger partial charge on any atom is 0.287 e. The van der Waals surface area contributed by atoms with Gasteiger partial charge in [0.1, 0.15) is 6.20 Å². The number of hydrogen-bond acceptors (Lipinski definition) is 5. The van der Waals surface area contributed by atoms with Crippen LogP contribution in [0, 0.1) is 10.1 Å². The Morgan fingerprint density at radius 1 is 1.33 bits per heavy atom. The van der Waals surface area contributed by atoms with Gasteiger partial charge in [-0.05, 0) is 11.6 Å². The lowest BCUT2D eigenvalue weighted by Crippen LogP contribution is -2.36. The number of para-hydroxylation sites is 1. The minimum Gasteiger partial charge on any atom is -0.332 e. The van der Waals surface area contributed by atoms with E-state index in [0.29, 0.717) is 30.8 Å². The molecule has 8 nitrogen and oxygen atoms in total. The van der Waals surface area contributed by atoms with Crippen molar-refractivity contribution in [1.29, 1.82) is 0 Å². The molecular weight excluding hydrogens is 310 g/mol. The fourth-order valence-electron chi connectivity index (χ4n) is 2.96. The van der Waals surface area contributed by atoms with Crippen molar-refractivity contribution < 1.29 is 9.72 Å². The van der Waals surface area contributed by atoms with Gasteiger partial charge in [-0.2, -0.15) is 5.10 Å². The van der Waals surface area contributed by atoms with Crippen molar-refractivity contribution in [2.24, 2.45) is 0 Å². The molecule has 1 aromatic carbocycles. The number of aromatic amines is 1. The molecule has 1 N–H and O–H groups in total. The summed E-state index contributed by atoms with van der Waals surface area (Å²) in [4.78, 5) is 29.0. The van der Waals surface area contributed by atoms with Crippen molar-refractivity contribution in [2.45, 2.75) is 13.0 Å². The van der Waals surface area contributed by atoms with Crippen LogP contribution in [0.25, 0.3) is 10.9 Å². The van der Waals surface area contributed by atoms with Gasteiger partial charge in [-0.25, -0.2) is 0 Å². The first-order chi connectivity index (χ1) is 11.6. The highest BCUT2D eigenvalue weighted by Gasteiger charge is 2.26. The maximum absolute atomic E-state index is 12.8. The van der Waals surface area contributed by atoms with Crippen LogP contribution in [0.2, 0.25) is 0 Å². The quantitative estimate of drug-likeness (QED) is 0.574. The minimum atomic E-state index is -0.477. The third-order valence-electron chi connectivity index (χ3n) is 4.20. The van der Waals surface area contributed by atoms with E-state index in [2.05, 4.69) is 15.2 Å². The molecule has 3 aromatic rings. The molecular formula is C16H13N5O3. The molecule has 2 aromatic heterocycles. The zero-order valence-electron chi connectivity index (χ0n) is 12.6. The molecule has 24 heavy (non-hydrogen) atoms. The van der Waals surface area contributed by atoms with E-state index in [4.69, 9.17) is 0 Å². The van der Waals surface area contributed by atoms with Gasteiger partial charge in [-0.3, -0.25) is 25.0 Å². The highest BCUT2D eigenvalue weighted by Crippen LogP contribution is 2.24. The van der Waals surface area contributed by atoms with Gasteiger partial charge in [-0.15, -0.1) is 0 Å². The summed E-state index contributed by atoms with van der Waals surface area (Å²) >= 11 is 0. The molecule has 1 aliphatic rings. The number of nitrogens with one attached hydrogen (secondary N) is 1. The summed E-state index contributed by atoms with van der Waals surface area (Å²) in [5.41, 5.74) is 2.62. The molecule has 4 rings (SSSR count). The first kappa shape index (κ1) is 14.3. The third-order valence-corrected chi connectivity index (χ3v) is 4.20. The molecule has 0 radical (unpaired) electrons. The van der Waals surface area contributed by atoms with Gasteiger partial charge in [-0.1, -0.05) is 18.2 Å². The van der Waals surface area contributed by atoms with Crippen LogP contribution in [-0.4, -0.2) is 37.5 Å². The van der Waals surface area contributed by atoms with E-state index in [-0.39, 0.29) is 11.6 Å². The molecule has 0 atom stereocenters. The Kier molecular flexibility index (Phi) is 3.23. The monoisotopic (exact) mass is 323 g/mol. The molecule has 120 valence electrons. The molecule has 0 saturated carbocycles. The summed E-state index contributed by atoms with van der Waals surface area (Å²) in [5.74, 6) is -0.190. The van der Waals surface area contributed by atoms with E-state index in [1.165, 1.54) is 12.3 Å². The van der Waals surface area contributed by atoms with Crippen LogP contribution in [0.4, 0.5) is 5.69 Å². The second-order valence-electron chi connectivity index (χ2n) is 5.65. The fourth-order valence-corrected chi connectivity index (χ4v) is 2.96. The zero-order chi connectivity index (χ0) is 16.7. The SMILES string of the molecule is O=C(c1n[nH]c2ccccc12)N1CCc2ncc([N+](=O)[O-])cc2C1. The van der Waals surface area contributed by atoms with Crippen LogP contribution < -0.4 is 0 Å². The van der Waals surface area contributed by atoms with Gasteiger partial charge in [0.15, 0.2) is 5.69 Å². The number of hydrogen-bond donors (Lipinski definition) is 1. The Hall–Kier alpha value is -3.29. The third kappa shape index (κ3) is 2.28. The largest absolute Gasteiger partial charge is 0.332 e. The van der Waals surface area contributed by atoms with E-state index < -0.39 is 4.92 Å². The average Bonchev–Trinajstić information content (AvgIpc) is 3.04. The molecule has 0 bridgehead atoms. The number of fused-ring (bicyclic) bond motifs is 2. The number of nitro groups is 1. The Morgan fingerprint density at radius 2 is 2.17 bits per heavy atom. The zero-order valence-corrected chi connectivity index (χ0v) is 12.6. The van der Waals surface area contributed by atoms with Crippen LogP contribution >= 0.6 is 0 Å². The molecule has 0 saturated heterocycles. The smallest absolute Gasteiger partial charge is 0.287 e. The van der Waals surface area contributed by atoms with Gasteiger partial charge in [0.05, 0.1) is 10.4 Å². The number of nitrogens with zero attached hydrogens (tertiary/aromatic N) is 4. The van der Waals surface area contributed by atoms with Crippen LogP contribution in [-0.2, 0) is 13.0 Å². The van der Waals surface area contributed by atoms with Crippen molar-refractivity contribution in [3.63, 3.8) is 0 Å². The predicted octanol–water partition coefficient (Wildman–Crippen LogP) is 2.06. The van der Waals surface area contributed by atoms with Crippen molar-refractivity contribution >= 4 is 22.5 Å². The number of rotatable bonds is 2. The standard InChI is InChI=1S/C16H13N5O3/c22-16(15-12-3-1-2-4-14(12)18-19-15)20-6-5-13-10(9-20)7-11(8-17-13)21(23)24/h1-4,7-8H,5-6,9H2,(H,18,19). The summed E-state index contributed by atoms with van der Waals surface area (Å²) < 4.78 is 0. The Labute approximate surface area is 136 Å². The Bertz CT molecular complexity index is 965. The lowest BCUT2D eigenvalue weighted by molar-refractivity contribution is -0.385. The molecule has 0 fully saturated rings. The van der Waals surface area contributed by atoms with Crippen molar-refractivity contribution in [3.05, 3.63) is 63.6 Å². The average molecular weight is 323 g/mol. The van der Waals surface area contributed by atoms with Gasteiger partial charge >= 0.3 is 0 Å². The summed E-state index contributed by atoms with van der Waals surface area (Å²) in [6.07, 6.45) is 1.83. The van der Waals surface area contributed by atoms with E-state index in [9.17, 15) is 14.9 Å². The van der Waals surface area contributed by atoms with Crippen LogP contribution in [0.15, 0.2) is 36.5 Å². The summed E-state index contributed by atoms with van der Waals surface area (Å²) in [6, 6.07) is 8.92. The number of carbonyl (C=O) groups excluding carboxylic acids is 1. The number of pyridine rings is 1. The molecule has 1 aliphatic heterocycles. The van der Waals surface area contributed by atoms with Gasteiger partial charge in [0.25, 0.3) is 11.6 Å². The van der Waals surface area contributed by atoms with Gasteiger partial charge in [0, 0.05) is 36.7 Å².